The lowest BCUT2D eigenvalue weighted by Crippen LogP contribution is -2.07. The van der Waals surface area contributed by atoms with Crippen LogP contribution in [0, 0.1) is 30.2 Å². The molecule has 0 saturated heterocycles. The van der Waals surface area contributed by atoms with Crippen LogP contribution < -0.4 is 9.47 Å². The second-order valence-corrected chi connectivity index (χ2v) is 14.0. The molecule has 1 aromatic heterocycles. The van der Waals surface area contributed by atoms with Crippen molar-refractivity contribution < 1.29 is 46.5 Å². The van der Waals surface area contributed by atoms with Crippen molar-refractivity contribution in [3.63, 3.8) is 0 Å². The van der Waals surface area contributed by atoms with E-state index in [2.05, 4.69) is 0 Å². The second kappa shape index (κ2) is 19.0. The van der Waals surface area contributed by atoms with Crippen molar-refractivity contribution in [2.45, 2.75) is 39.9 Å². The van der Waals surface area contributed by atoms with E-state index in [1.54, 1.807) is 30.3 Å². The predicted octanol–water partition coefficient (Wildman–Crippen LogP) is 12.1. The van der Waals surface area contributed by atoms with Gasteiger partial charge in [0.2, 0.25) is 0 Å². The summed E-state index contributed by atoms with van der Waals surface area (Å²) in [6.07, 6.45) is 0.161. The van der Waals surface area contributed by atoms with Crippen LogP contribution in [0.4, 0.5) is 17.6 Å². The third kappa shape index (κ3) is 11.3. The Kier molecular flexibility index (Phi) is 14.2. The highest BCUT2D eigenvalue weighted by atomic mass is 35.5. The normalized spacial score (nSPS) is 10.8. The summed E-state index contributed by atoms with van der Waals surface area (Å²) in [6.45, 7) is 2.98. The summed E-state index contributed by atoms with van der Waals surface area (Å²) in [7, 11) is 0. The molecule has 0 atom stereocenters. The number of ketones is 2. The van der Waals surface area contributed by atoms with Gasteiger partial charge in [0.05, 0.1) is 16.8 Å². The Morgan fingerprint density at radius 3 is 1.81 bits per heavy atom. The number of Topliss-reactive ketones (excluding diaryl/α,β-unsaturated/α-hetero) is 2. The number of hydrogen-bond donors (Lipinski definition) is 1. The van der Waals surface area contributed by atoms with Crippen LogP contribution in [0.15, 0.2) is 103 Å². The van der Waals surface area contributed by atoms with Crippen molar-refractivity contribution in [2.75, 3.05) is 0 Å². The maximum Gasteiger partial charge on any atom is 0.335 e. The zero-order valence-electron chi connectivity index (χ0n) is 30.2. The van der Waals surface area contributed by atoms with Crippen LogP contribution in [0.5, 0.6) is 11.5 Å². The van der Waals surface area contributed by atoms with Gasteiger partial charge in [-0.1, -0.05) is 34.8 Å². The zero-order chi connectivity index (χ0) is 41.4. The number of hydrogen-bond acceptors (Lipinski definition) is 5. The smallest absolute Gasteiger partial charge is 0.335 e. The SMILES string of the molecule is CC(=O)CCC(=O)c1cc(Cl)ccc1OCc1ccc(F)cc1F.Cc1ccc(-c2cc(Cl)ccc2OCc2ccc(F)cc2F)n1-c1cc(Cl)cc(C(=O)O)c1. The number of carbonyl (C=O) groups excluding carboxylic acids is 2. The summed E-state index contributed by atoms with van der Waals surface area (Å²) in [5.74, 6) is -3.61. The number of nitrogens with zero attached hydrogens (tertiary/aromatic N) is 1. The summed E-state index contributed by atoms with van der Waals surface area (Å²) in [6, 6.07) is 24.2. The van der Waals surface area contributed by atoms with Gasteiger partial charge >= 0.3 is 5.97 Å². The summed E-state index contributed by atoms with van der Waals surface area (Å²) in [5, 5.41) is 10.5. The largest absolute Gasteiger partial charge is 0.488 e. The van der Waals surface area contributed by atoms with Crippen molar-refractivity contribution in [1.82, 2.24) is 4.57 Å². The van der Waals surface area contributed by atoms with Crippen LogP contribution in [0.1, 0.15) is 57.3 Å². The molecule has 0 fully saturated rings. The number of aromatic carboxylic acids is 1. The number of carboxylic acid groups (broad SMARTS) is 1. The quantitative estimate of drug-likeness (QED) is 0.0919. The molecule has 1 N–H and O–H groups in total. The molecule has 1 heterocycles. The third-order valence-electron chi connectivity index (χ3n) is 8.42. The third-order valence-corrected chi connectivity index (χ3v) is 9.11. The average molecular weight is 841 g/mol. The van der Waals surface area contributed by atoms with Crippen molar-refractivity contribution in [2.24, 2.45) is 0 Å². The molecule has 0 aliphatic rings. The predicted molar refractivity (Wildman–Crippen MR) is 210 cm³/mol. The molecular formula is C43H32Cl3F4NO6. The molecule has 57 heavy (non-hydrogen) atoms. The van der Waals surface area contributed by atoms with Crippen LogP contribution in [-0.2, 0) is 18.0 Å². The molecule has 6 rings (SSSR count). The van der Waals surface area contributed by atoms with Gasteiger partial charge in [0.1, 0.15) is 53.8 Å². The highest BCUT2D eigenvalue weighted by molar-refractivity contribution is 6.31. The maximum atomic E-state index is 14.1. The lowest BCUT2D eigenvalue weighted by molar-refractivity contribution is -0.117. The number of carboxylic acids is 1. The minimum Gasteiger partial charge on any atom is -0.488 e. The average Bonchev–Trinajstić information content (AvgIpc) is 3.54. The van der Waals surface area contributed by atoms with Crippen LogP contribution in [0.3, 0.4) is 0 Å². The standard InChI is InChI=1S/C25H17Cl2F2NO3.C18H15ClF2O3/c1-14-2-6-23(30(14)20-9-16(25(31)32)8-18(27)10-20)21-11-17(26)4-7-24(21)33-13-15-3-5-19(28)12-22(15)29;1-11(22)2-6-17(23)15-8-13(19)4-7-18(15)24-10-12-3-5-14(20)9-16(12)21/h2-12H,13H2,1H3,(H,31,32);3-5,7-9H,2,6,10H2,1H3. The first-order valence-electron chi connectivity index (χ1n) is 17.1. The first-order valence-corrected chi connectivity index (χ1v) is 18.2. The lowest BCUT2D eigenvalue weighted by Gasteiger charge is -2.17. The van der Waals surface area contributed by atoms with Gasteiger partial charge < -0.3 is 23.9 Å². The Morgan fingerprint density at radius 1 is 0.649 bits per heavy atom. The number of benzene rings is 5. The summed E-state index contributed by atoms with van der Waals surface area (Å²) >= 11 is 18.3. The van der Waals surface area contributed by atoms with E-state index in [1.165, 1.54) is 43.3 Å². The van der Waals surface area contributed by atoms with Gasteiger partial charge in [-0.25, -0.2) is 22.4 Å². The summed E-state index contributed by atoms with van der Waals surface area (Å²) < 4.78 is 67.0. The highest BCUT2D eigenvalue weighted by Crippen LogP contribution is 2.37. The van der Waals surface area contributed by atoms with E-state index < -0.39 is 29.2 Å². The minimum atomic E-state index is -1.10. The number of ether oxygens (including phenoxy) is 2. The summed E-state index contributed by atoms with van der Waals surface area (Å²) in [4.78, 5) is 34.8. The first-order chi connectivity index (χ1) is 27.1. The van der Waals surface area contributed by atoms with Gasteiger partial charge in [-0.3, -0.25) is 4.79 Å². The van der Waals surface area contributed by atoms with E-state index in [9.17, 15) is 37.1 Å². The molecule has 5 aromatic carbocycles. The van der Waals surface area contributed by atoms with Gasteiger partial charge in [-0.05, 0) is 105 Å². The Balaban J connectivity index is 0.000000230. The Morgan fingerprint density at radius 2 is 1.23 bits per heavy atom. The number of carbonyl (C=O) groups is 3. The van der Waals surface area contributed by atoms with Crippen LogP contribution in [0.25, 0.3) is 16.9 Å². The Bertz CT molecular complexity index is 2470. The van der Waals surface area contributed by atoms with Crippen molar-refractivity contribution in [3.8, 4) is 28.4 Å². The molecule has 0 bridgehead atoms. The summed E-state index contributed by atoms with van der Waals surface area (Å²) in [5.41, 5.74) is 3.28. The topological polar surface area (TPSA) is 94.8 Å². The van der Waals surface area contributed by atoms with E-state index in [1.807, 2.05) is 23.6 Å². The van der Waals surface area contributed by atoms with Crippen molar-refractivity contribution in [3.05, 3.63) is 169 Å². The van der Waals surface area contributed by atoms with Crippen molar-refractivity contribution in [1.29, 1.82) is 0 Å². The molecule has 0 radical (unpaired) electrons. The maximum absolute atomic E-state index is 14.1. The van der Waals surface area contributed by atoms with E-state index in [0.29, 0.717) is 32.7 Å². The van der Waals surface area contributed by atoms with E-state index >= 15 is 0 Å². The highest BCUT2D eigenvalue weighted by Gasteiger charge is 2.18. The molecule has 0 unspecified atom stereocenters. The van der Waals surface area contributed by atoms with Crippen LogP contribution >= 0.6 is 34.8 Å². The van der Waals surface area contributed by atoms with Gasteiger partial charge in [0.25, 0.3) is 0 Å². The van der Waals surface area contributed by atoms with Crippen molar-refractivity contribution >= 4 is 52.3 Å². The van der Waals surface area contributed by atoms with E-state index in [4.69, 9.17) is 44.3 Å². The molecule has 0 spiro atoms. The molecule has 14 heteroatoms. The fourth-order valence-electron chi connectivity index (χ4n) is 5.61. The monoisotopic (exact) mass is 839 g/mol. The fraction of sp³-hybridized carbons (Fsp3) is 0.140. The molecule has 0 aliphatic carbocycles. The number of rotatable bonds is 13. The molecule has 0 saturated carbocycles. The molecule has 294 valence electrons. The molecule has 0 aliphatic heterocycles. The minimum absolute atomic E-state index is 0.0386. The van der Waals surface area contributed by atoms with Gasteiger partial charge in [0.15, 0.2) is 5.78 Å². The fourth-order valence-corrected chi connectivity index (χ4v) is 6.18. The van der Waals surface area contributed by atoms with Gasteiger partial charge in [0, 0.05) is 68.1 Å². The molecule has 0 amide bonds. The number of aromatic nitrogens is 1. The first kappa shape index (κ1) is 42.5. The van der Waals surface area contributed by atoms with Gasteiger partial charge in [-0.15, -0.1) is 0 Å². The lowest BCUT2D eigenvalue weighted by atomic mass is 10.0. The van der Waals surface area contributed by atoms with Gasteiger partial charge in [-0.2, -0.15) is 0 Å². The van der Waals surface area contributed by atoms with E-state index in [-0.39, 0.29) is 70.6 Å². The number of halogens is 7. The number of aryl methyl sites for hydroxylation is 1. The van der Waals surface area contributed by atoms with E-state index in [0.717, 1.165) is 30.0 Å². The Labute approximate surface area is 340 Å². The Hall–Kier alpha value is -5.62. The molecular weight excluding hydrogens is 809 g/mol. The molecule has 6 aromatic rings. The zero-order valence-corrected chi connectivity index (χ0v) is 32.5. The molecule has 7 nitrogen and oxygen atoms in total. The van der Waals surface area contributed by atoms with Crippen LogP contribution in [-0.4, -0.2) is 27.2 Å². The van der Waals surface area contributed by atoms with Crippen LogP contribution in [0.2, 0.25) is 15.1 Å². The second-order valence-electron chi connectivity index (χ2n) is 12.7.